The van der Waals surface area contributed by atoms with Gasteiger partial charge in [0.25, 0.3) is 0 Å². The van der Waals surface area contributed by atoms with E-state index >= 15 is 0 Å². The smallest absolute Gasteiger partial charge is 0.340 e. The van der Waals surface area contributed by atoms with Crippen LogP contribution in [0.4, 0.5) is 5.69 Å². The molecule has 0 fully saturated rings. The van der Waals surface area contributed by atoms with E-state index in [0.29, 0.717) is 24.4 Å². The lowest BCUT2D eigenvalue weighted by Crippen LogP contribution is -2.09. The largest absolute Gasteiger partial charge is 0.478 e. The Balaban J connectivity index is 2.09. The summed E-state index contributed by atoms with van der Waals surface area (Å²) >= 11 is 1.36. The molecule has 110 valence electrons. The number of hydrogen-bond donors (Lipinski definition) is 2. The second-order valence-electron chi connectivity index (χ2n) is 4.23. The van der Waals surface area contributed by atoms with E-state index in [9.17, 15) is 9.59 Å². The molecular formula is C15H15NO4S. The first-order chi connectivity index (χ1) is 10.1. The molecular weight excluding hydrogens is 290 g/mol. The zero-order valence-electron chi connectivity index (χ0n) is 11.5. The van der Waals surface area contributed by atoms with Crippen LogP contribution in [0.1, 0.15) is 32.5 Å². The number of ether oxygens (including phenoxy) is 1. The van der Waals surface area contributed by atoms with Gasteiger partial charge in [-0.05, 0) is 25.1 Å². The summed E-state index contributed by atoms with van der Waals surface area (Å²) < 4.78 is 5.00. The summed E-state index contributed by atoms with van der Waals surface area (Å²) in [5.74, 6) is -1.32. The van der Waals surface area contributed by atoms with Crippen molar-refractivity contribution in [3.05, 3.63) is 51.7 Å². The molecule has 1 aromatic carbocycles. The summed E-state index contributed by atoms with van der Waals surface area (Å²) in [6, 6.07) is 8.69. The molecule has 0 aliphatic rings. The van der Waals surface area contributed by atoms with Crippen LogP contribution in [-0.2, 0) is 11.3 Å². The maximum absolute atomic E-state index is 11.8. The molecule has 0 saturated heterocycles. The molecule has 2 rings (SSSR count). The number of carbonyl (C=O) groups excluding carboxylic acids is 1. The molecule has 2 N–H and O–H groups in total. The van der Waals surface area contributed by atoms with Gasteiger partial charge in [-0.3, -0.25) is 0 Å². The zero-order chi connectivity index (χ0) is 15.2. The number of carboxylic acids is 1. The number of para-hydroxylation sites is 1. The highest BCUT2D eigenvalue weighted by atomic mass is 32.1. The Morgan fingerprint density at radius 1 is 1.33 bits per heavy atom. The van der Waals surface area contributed by atoms with Crippen LogP contribution in [0, 0.1) is 0 Å². The van der Waals surface area contributed by atoms with E-state index in [1.54, 1.807) is 36.6 Å². The lowest BCUT2D eigenvalue weighted by molar-refractivity contribution is 0.0527. The molecule has 2 aromatic rings. The van der Waals surface area contributed by atoms with Crippen LogP contribution in [0.25, 0.3) is 0 Å². The lowest BCUT2D eigenvalue weighted by atomic mass is 10.2. The van der Waals surface area contributed by atoms with Gasteiger partial charge in [-0.1, -0.05) is 12.1 Å². The Bertz CT molecular complexity index is 651. The van der Waals surface area contributed by atoms with Gasteiger partial charge in [0.15, 0.2) is 0 Å². The molecule has 0 saturated carbocycles. The molecule has 1 heterocycles. The van der Waals surface area contributed by atoms with E-state index in [0.717, 1.165) is 4.88 Å². The van der Waals surface area contributed by atoms with Crippen LogP contribution in [0.2, 0.25) is 0 Å². The first-order valence-electron chi connectivity index (χ1n) is 6.42. The Hall–Kier alpha value is -2.34. The van der Waals surface area contributed by atoms with Gasteiger partial charge in [0.05, 0.1) is 17.7 Å². The minimum Gasteiger partial charge on any atom is -0.478 e. The average Bonchev–Trinajstić information content (AvgIpc) is 2.95. The third-order valence-electron chi connectivity index (χ3n) is 2.78. The normalized spacial score (nSPS) is 10.1. The molecule has 0 spiro atoms. The Morgan fingerprint density at radius 3 is 2.76 bits per heavy atom. The Kier molecular flexibility index (Phi) is 4.94. The van der Waals surface area contributed by atoms with E-state index in [1.165, 1.54) is 11.3 Å². The second kappa shape index (κ2) is 6.90. The summed E-state index contributed by atoms with van der Waals surface area (Å²) in [7, 11) is 0. The van der Waals surface area contributed by atoms with Crippen molar-refractivity contribution in [2.24, 2.45) is 0 Å². The van der Waals surface area contributed by atoms with Crippen LogP contribution in [0.3, 0.4) is 0 Å². The van der Waals surface area contributed by atoms with Gasteiger partial charge in [-0.25, -0.2) is 9.59 Å². The fourth-order valence-corrected chi connectivity index (χ4v) is 2.59. The number of thiophene rings is 1. The van der Waals surface area contributed by atoms with Crippen molar-refractivity contribution in [3.8, 4) is 0 Å². The highest BCUT2D eigenvalue weighted by Crippen LogP contribution is 2.20. The molecule has 21 heavy (non-hydrogen) atoms. The van der Waals surface area contributed by atoms with Crippen molar-refractivity contribution >= 4 is 29.0 Å². The third kappa shape index (κ3) is 3.82. The van der Waals surface area contributed by atoms with Crippen molar-refractivity contribution in [2.75, 3.05) is 11.9 Å². The summed E-state index contributed by atoms with van der Waals surface area (Å²) in [5.41, 5.74) is 1.41. The van der Waals surface area contributed by atoms with E-state index in [1.807, 2.05) is 6.07 Å². The number of carbonyl (C=O) groups is 2. The molecule has 0 amide bonds. The van der Waals surface area contributed by atoms with Gasteiger partial charge < -0.3 is 15.2 Å². The zero-order valence-corrected chi connectivity index (χ0v) is 12.3. The first-order valence-corrected chi connectivity index (χ1v) is 7.30. The van der Waals surface area contributed by atoms with Crippen LogP contribution in [-0.4, -0.2) is 23.7 Å². The standard InChI is InChI=1S/C15H15NO4S/c1-2-20-15(19)12-5-3-4-6-13(12)16-8-11-7-10(9-21-11)14(17)18/h3-7,9,16H,2,8H2,1H3,(H,17,18). The molecule has 0 radical (unpaired) electrons. The van der Waals surface area contributed by atoms with E-state index < -0.39 is 5.97 Å². The van der Waals surface area contributed by atoms with Gasteiger partial charge in [0.1, 0.15) is 0 Å². The molecule has 0 unspecified atom stereocenters. The van der Waals surface area contributed by atoms with Gasteiger partial charge >= 0.3 is 11.9 Å². The Morgan fingerprint density at radius 2 is 2.10 bits per heavy atom. The van der Waals surface area contributed by atoms with Crippen molar-refractivity contribution in [1.29, 1.82) is 0 Å². The van der Waals surface area contributed by atoms with E-state index in [2.05, 4.69) is 5.32 Å². The molecule has 5 nitrogen and oxygen atoms in total. The number of benzene rings is 1. The number of aromatic carboxylic acids is 1. The number of nitrogens with one attached hydrogen (secondary N) is 1. The third-order valence-corrected chi connectivity index (χ3v) is 3.71. The van der Waals surface area contributed by atoms with E-state index in [-0.39, 0.29) is 11.5 Å². The van der Waals surface area contributed by atoms with Crippen molar-refractivity contribution in [3.63, 3.8) is 0 Å². The SMILES string of the molecule is CCOC(=O)c1ccccc1NCc1cc(C(=O)O)cs1. The Labute approximate surface area is 126 Å². The predicted molar refractivity (Wildman–Crippen MR) is 81.0 cm³/mol. The predicted octanol–water partition coefficient (Wildman–Crippen LogP) is 3.24. The number of carboxylic acid groups (broad SMARTS) is 1. The average molecular weight is 305 g/mol. The molecule has 0 bridgehead atoms. The first kappa shape index (κ1) is 15.1. The van der Waals surface area contributed by atoms with Crippen molar-refractivity contribution in [2.45, 2.75) is 13.5 Å². The second-order valence-corrected chi connectivity index (χ2v) is 5.22. The van der Waals surface area contributed by atoms with Gasteiger partial charge in [-0.2, -0.15) is 0 Å². The topological polar surface area (TPSA) is 75.6 Å². The van der Waals surface area contributed by atoms with Crippen LogP contribution >= 0.6 is 11.3 Å². The van der Waals surface area contributed by atoms with Crippen LogP contribution < -0.4 is 5.32 Å². The molecule has 6 heteroatoms. The molecule has 0 aliphatic carbocycles. The number of anilines is 1. The van der Waals surface area contributed by atoms with E-state index in [4.69, 9.17) is 9.84 Å². The highest BCUT2D eigenvalue weighted by Gasteiger charge is 2.12. The van der Waals surface area contributed by atoms with Gasteiger partial charge in [0.2, 0.25) is 0 Å². The quantitative estimate of drug-likeness (QED) is 0.801. The minimum atomic E-state index is -0.940. The number of rotatable bonds is 6. The van der Waals surface area contributed by atoms with Crippen molar-refractivity contribution in [1.82, 2.24) is 0 Å². The monoisotopic (exact) mass is 305 g/mol. The molecule has 0 atom stereocenters. The fourth-order valence-electron chi connectivity index (χ4n) is 1.79. The van der Waals surface area contributed by atoms with Gasteiger partial charge in [-0.15, -0.1) is 11.3 Å². The number of hydrogen-bond acceptors (Lipinski definition) is 5. The number of esters is 1. The summed E-state index contributed by atoms with van der Waals surface area (Å²) in [6.45, 7) is 2.53. The molecule has 0 aliphatic heterocycles. The maximum Gasteiger partial charge on any atom is 0.340 e. The summed E-state index contributed by atoms with van der Waals surface area (Å²) in [6.07, 6.45) is 0. The van der Waals surface area contributed by atoms with Gasteiger partial charge in [0, 0.05) is 22.5 Å². The summed E-state index contributed by atoms with van der Waals surface area (Å²) in [4.78, 5) is 23.5. The molecule has 1 aromatic heterocycles. The fraction of sp³-hybridized carbons (Fsp3) is 0.200. The minimum absolute atomic E-state index is 0.274. The maximum atomic E-state index is 11.8. The van der Waals surface area contributed by atoms with Crippen LogP contribution in [0.5, 0.6) is 0 Å². The van der Waals surface area contributed by atoms with Crippen molar-refractivity contribution < 1.29 is 19.4 Å². The van der Waals surface area contributed by atoms with Crippen LogP contribution in [0.15, 0.2) is 35.7 Å². The highest BCUT2D eigenvalue weighted by molar-refractivity contribution is 7.10. The summed E-state index contributed by atoms with van der Waals surface area (Å²) in [5, 5.41) is 13.6. The lowest BCUT2D eigenvalue weighted by Gasteiger charge is -2.10.